The number of hydrogen-bond acceptors (Lipinski definition) is 4. The largest absolute Gasteiger partial charge is 0.356 e. The normalized spacial score (nSPS) is 13.1. The standard InChI is InChI=1S/C34H27N3O3S/c1-37-31-10-6-5-9-30(31)33(34(37)25-7-3-2-4-8-25)32(23-11-15-26(35)16-12-23)24-13-17-27(18-14-24)36-28-19-21-29(22-20-28)41(38,39)40/h2-22,35-36H,1H3,(H,38,39,40). The van der Waals surface area contributed by atoms with Gasteiger partial charge in [0.05, 0.1) is 16.3 Å². The Hall–Kier alpha value is -4.98. The van der Waals surface area contributed by atoms with Crippen molar-refractivity contribution in [3.05, 3.63) is 144 Å². The molecule has 7 heteroatoms. The average molecular weight is 558 g/mol. The monoisotopic (exact) mass is 557 g/mol. The third kappa shape index (κ3) is 5.16. The fraction of sp³-hybridized carbons (Fsp3) is 0.0294. The molecule has 1 heterocycles. The highest BCUT2D eigenvalue weighted by Gasteiger charge is 2.23. The quantitative estimate of drug-likeness (QED) is 0.186. The summed E-state index contributed by atoms with van der Waals surface area (Å²) >= 11 is 0. The molecule has 0 amide bonds. The van der Waals surface area contributed by atoms with E-state index in [-0.39, 0.29) is 4.90 Å². The molecule has 0 fully saturated rings. The molecular weight excluding hydrogens is 530 g/mol. The van der Waals surface area contributed by atoms with Crippen LogP contribution in [0.2, 0.25) is 0 Å². The van der Waals surface area contributed by atoms with Gasteiger partial charge in [0.1, 0.15) is 0 Å². The lowest BCUT2D eigenvalue weighted by Gasteiger charge is -2.17. The van der Waals surface area contributed by atoms with Gasteiger partial charge in [-0.05, 0) is 76.9 Å². The summed E-state index contributed by atoms with van der Waals surface area (Å²) in [6.45, 7) is 0. The van der Waals surface area contributed by atoms with Crippen LogP contribution in [0.1, 0.15) is 11.1 Å². The van der Waals surface area contributed by atoms with E-state index in [0.29, 0.717) is 11.4 Å². The van der Waals surface area contributed by atoms with E-state index >= 15 is 0 Å². The maximum Gasteiger partial charge on any atom is 0.294 e. The SMILES string of the molecule is Cn1c(-c2ccccc2)c(C(=C2C=CC(=N)C=C2)c2ccc(Nc3ccc(S(=O)(=O)O)cc3)cc2)c2ccccc21. The van der Waals surface area contributed by atoms with Gasteiger partial charge in [0.2, 0.25) is 0 Å². The molecule has 202 valence electrons. The van der Waals surface area contributed by atoms with Crippen molar-refractivity contribution in [1.29, 1.82) is 5.41 Å². The number of benzene rings is 4. The Morgan fingerprint density at radius 2 is 1.34 bits per heavy atom. The van der Waals surface area contributed by atoms with Crippen molar-refractivity contribution in [2.75, 3.05) is 5.32 Å². The number of nitrogens with zero attached hydrogens (tertiary/aromatic N) is 1. The predicted molar refractivity (Wildman–Crippen MR) is 166 cm³/mol. The van der Waals surface area contributed by atoms with E-state index in [2.05, 4.69) is 65.5 Å². The van der Waals surface area contributed by atoms with Gasteiger partial charge < -0.3 is 15.3 Å². The lowest BCUT2D eigenvalue weighted by atomic mass is 9.87. The van der Waals surface area contributed by atoms with Crippen molar-refractivity contribution in [3.63, 3.8) is 0 Å². The Bertz CT molecular complexity index is 1960. The summed E-state index contributed by atoms with van der Waals surface area (Å²) in [6.07, 6.45) is 7.62. The van der Waals surface area contributed by atoms with Crippen LogP contribution < -0.4 is 5.32 Å². The maximum atomic E-state index is 11.4. The van der Waals surface area contributed by atoms with Gasteiger partial charge in [0.15, 0.2) is 0 Å². The van der Waals surface area contributed by atoms with Gasteiger partial charge in [0.25, 0.3) is 10.1 Å². The summed E-state index contributed by atoms with van der Waals surface area (Å²) in [4.78, 5) is -0.152. The molecule has 3 N–H and O–H groups in total. The van der Waals surface area contributed by atoms with Gasteiger partial charge in [-0.25, -0.2) is 0 Å². The lowest BCUT2D eigenvalue weighted by Crippen LogP contribution is -2.00. The minimum Gasteiger partial charge on any atom is -0.356 e. The Balaban J connectivity index is 1.49. The Morgan fingerprint density at radius 1 is 0.756 bits per heavy atom. The molecule has 6 rings (SSSR count). The first-order valence-electron chi connectivity index (χ1n) is 13.1. The number of hydrogen-bond donors (Lipinski definition) is 3. The number of fused-ring (bicyclic) bond motifs is 1. The minimum atomic E-state index is -4.24. The lowest BCUT2D eigenvalue weighted by molar-refractivity contribution is 0.483. The van der Waals surface area contributed by atoms with Crippen LogP contribution in [0, 0.1) is 5.41 Å². The van der Waals surface area contributed by atoms with Crippen LogP contribution in [0.3, 0.4) is 0 Å². The molecule has 0 saturated carbocycles. The Morgan fingerprint density at radius 3 is 1.98 bits per heavy atom. The van der Waals surface area contributed by atoms with Crippen LogP contribution in [0.25, 0.3) is 27.7 Å². The fourth-order valence-electron chi connectivity index (χ4n) is 5.27. The highest BCUT2D eigenvalue weighted by atomic mass is 32.2. The van der Waals surface area contributed by atoms with E-state index in [1.807, 2.05) is 54.6 Å². The van der Waals surface area contributed by atoms with E-state index in [4.69, 9.17) is 5.41 Å². The van der Waals surface area contributed by atoms with Gasteiger partial charge in [-0.15, -0.1) is 0 Å². The molecule has 6 nitrogen and oxygen atoms in total. The third-order valence-electron chi connectivity index (χ3n) is 7.19. The first-order chi connectivity index (χ1) is 19.8. The van der Waals surface area contributed by atoms with Crippen molar-refractivity contribution >= 4 is 43.7 Å². The second-order valence-corrected chi connectivity index (χ2v) is 11.2. The average Bonchev–Trinajstić information content (AvgIpc) is 3.27. The first-order valence-corrected chi connectivity index (χ1v) is 14.5. The molecule has 5 aromatic rings. The topological polar surface area (TPSA) is 95.2 Å². The molecule has 1 aliphatic carbocycles. The second kappa shape index (κ2) is 10.5. The van der Waals surface area contributed by atoms with Crippen molar-refractivity contribution in [2.24, 2.45) is 7.05 Å². The molecule has 0 spiro atoms. The molecule has 0 aliphatic heterocycles. The van der Waals surface area contributed by atoms with Gasteiger partial charge in [-0.1, -0.05) is 72.8 Å². The minimum absolute atomic E-state index is 0.152. The van der Waals surface area contributed by atoms with E-state index < -0.39 is 10.1 Å². The van der Waals surface area contributed by atoms with Crippen LogP contribution >= 0.6 is 0 Å². The highest BCUT2D eigenvalue weighted by molar-refractivity contribution is 7.85. The Kier molecular flexibility index (Phi) is 6.75. The van der Waals surface area contributed by atoms with Crippen molar-refractivity contribution < 1.29 is 13.0 Å². The zero-order valence-corrected chi connectivity index (χ0v) is 23.1. The fourth-order valence-corrected chi connectivity index (χ4v) is 5.75. The molecular formula is C34H27N3O3S. The van der Waals surface area contributed by atoms with E-state index in [1.165, 1.54) is 12.1 Å². The molecule has 41 heavy (non-hydrogen) atoms. The first kappa shape index (κ1) is 26.3. The summed E-state index contributed by atoms with van der Waals surface area (Å²) in [7, 11) is -2.15. The van der Waals surface area contributed by atoms with E-state index in [9.17, 15) is 13.0 Å². The third-order valence-corrected chi connectivity index (χ3v) is 8.06. The Labute approximate surface area is 238 Å². The molecule has 1 aromatic heterocycles. The smallest absolute Gasteiger partial charge is 0.294 e. The summed E-state index contributed by atoms with van der Waals surface area (Å²) in [5.41, 5.74) is 9.53. The molecule has 0 atom stereocenters. The number of nitrogens with one attached hydrogen (secondary N) is 2. The van der Waals surface area contributed by atoms with E-state index in [0.717, 1.165) is 50.1 Å². The number of allylic oxidation sites excluding steroid dienone is 5. The molecule has 1 aliphatic rings. The van der Waals surface area contributed by atoms with Gasteiger partial charge in [-0.3, -0.25) is 4.55 Å². The maximum absolute atomic E-state index is 11.4. The summed E-state index contributed by atoms with van der Waals surface area (Å²) in [5.74, 6) is 0. The van der Waals surface area contributed by atoms with Crippen LogP contribution in [0.4, 0.5) is 11.4 Å². The second-order valence-electron chi connectivity index (χ2n) is 9.82. The summed E-state index contributed by atoms with van der Waals surface area (Å²) in [6, 6.07) is 32.8. The van der Waals surface area contributed by atoms with Crippen LogP contribution in [0.15, 0.2) is 138 Å². The molecule has 0 radical (unpaired) electrons. The van der Waals surface area contributed by atoms with Gasteiger partial charge in [0, 0.05) is 34.9 Å². The molecule has 0 bridgehead atoms. The number of rotatable bonds is 6. The number of anilines is 2. The predicted octanol–water partition coefficient (Wildman–Crippen LogP) is 7.78. The highest BCUT2D eigenvalue weighted by Crippen LogP contribution is 2.42. The number of aromatic nitrogens is 1. The molecule has 0 saturated heterocycles. The zero-order valence-electron chi connectivity index (χ0n) is 22.2. The number of para-hydroxylation sites is 1. The molecule has 0 unspecified atom stereocenters. The molecule has 4 aromatic carbocycles. The van der Waals surface area contributed by atoms with Crippen LogP contribution in [-0.4, -0.2) is 23.2 Å². The van der Waals surface area contributed by atoms with Gasteiger partial charge in [-0.2, -0.15) is 8.42 Å². The number of aryl methyl sites for hydroxylation is 1. The van der Waals surface area contributed by atoms with Crippen LogP contribution in [-0.2, 0) is 17.2 Å². The van der Waals surface area contributed by atoms with Crippen molar-refractivity contribution in [3.8, 4) is 11.3 Å². The van der Waals surface area contributed by atoms with Crippen LogP contribution in [0.5, 0.6) is 0 Å². The van der Waals surface area contributed by atoms with Crippen molar-refractivity contribution in [2.45, 2.75) is 4.90 Å². The zero-order chi connectivity index (χ0) is 28.6. The van der Waals surface area contributed by atoms with Crippen molar-refractivity contribution in [1.82, 2.24) is 4.57 Å². The van der Waals surface area contributed by atoms with Gasteiger partial charge >= 0.3 is 0 Å². The summed E-state index contributed by atoms with van der Waals surface area (Å²) < 4.78 is 34.2. The summed E-state index contributed by atoms with van der Waals surface area (Å²) in [5, 5.41) is 12.5. The van der Waals surface area contributed by atoms with E-state index in [1.54, 1.807) is 12.1 Å².